The molecule has 0 radical (unpaired) electrons. The fourth-order valence-corrected chi connectivity index (χ4v) is 9.48. The Morgan fingerprint density at radius 1 is 1.09 bits per heavy atom. The molecule has 0 saturated heterocycles. The molecule has 1 aromatic heterocycles. The Morgan fingerprint density at radius 2 is 1.89 bits per heavy atom. The summed E-state index contributed by atoms with van der Waals surface area (Å²) in [5.41, 5.74) is 2.93. The number of aryl methyl sites for hydroxylation is 2. The van der Waals surface area contributed by atoms with Crippen molar-refractivity contribution in [2.45, 2.75) is 64.4 Å². The number of hydrogen-bond acceptors (Lipinski definition) is 9. The van der Waals surface area contributed by atoms with Crippen LogP contribution in [-0.2, 0) is 39.4 Å². The highest BCUT2D eigenvalue weighted by Gasteiger charge is 2.38. The van der Waals surface area contributed by atoms with Gasteiger partial charge in [0.2, 0.25) is 5.88 Å². The molecule has 1 saturated carbocycles. The van der Waals surface area contributed by atoms with Crippen LogP contribution in [0.5, 0.6) is 11.6 Å². The number of methoxy groups -OCH3 is 2. The fourth-order valence-electron chi connectivity index (χ4n) is 7.41. The first-order chi connectivity index (χ1) is 25.9. The number of rotatable bonds is 6. The summed E-state index contributed by atoms with van der Waals surface area (Å²) < 4.78 is 72.8. The first kappa shape index (κ1) is 39.6. The van der Waals surface area contributed by atoms with E-state index in [2.05, 4.69) is 19.1 Å². The lowest BCUT2D eigenvalue weighted by Gasteiger charge is -2.43. The summed E-state index contributed by atoms with van der Waals surface area (Å²) in [4.78, 5) is 29.9. The Morgan fingerprint density at radius 3 is 2.61 bits per heavy atom. The van der Waals surface area contributed by atoms with Gasteiger partial charge >= 0.3 is 6.61 Å². The van der Waals surface area contributed by atoms with Crippen molar-refractivity contribution in [2.75, 3.05) is 38.0 Å². The molecule has 1 aliphatic carbocycles. The van der Waals surface area contributed by atoms with Crippen molar-refractivity contribution in [1.29, 1.82) is 0 Å². The second-order valence-electron chi connectivity index (χ2n) is 14.1. The minimum atomic E-state index is -4.00. The summed E-state index contributed by atoms with van der Waals surface area (Å²) >= 11 is 6.45. The number of aromatic nitrogens is 2. The molecular formula is C38H46ClF2N5O7S. The molecule has 1 unspecified atom stereocenters. The number of nitrogens with one attached hydrogen (secondary N) is 1. The second kappa shape index (κ2) is 17.2. The lowest BCUT2D eigenvalue weighted by atomic mass is 9.70. The zero-order chi connectivity index (χ0) is 38.6. The molecule has 1 N–H and O–H groups in total. The van der Waals surface area contributed by atoms with Gasteiger partial charge in [0.05, 0.1) is 37.4 Å². The number of ether oxygens (including phenoxy) is 4. The van der Waals surface area contributed by atoms with E-state index in [1.165, 1.54) is 24.1 Å². The molecule has 2 aromatic carbocycles. The summed E-state index contributed by atoms with van der Waals surface area (Å²) in [6.07, 6.45) is 7.14. The number of amides is 2. The van der Waals surface area contributed by atoms with Gasteiger partial charge in [-0.1, -0.05) is 36.7 Å². The maximum absolute atomic E-state index is 14.7. The SMILES string of the molecule is COc1nn(C)cc1C(=O)NS1(=O)=NC(=O)c2ccc3c(c2)N(Cc2ccc(Cl)cc2CCCCO3)C[C@@H]2CC[C@H]2[C@@H](OC)/C=C/[C@H](OC(F)F)[C@H](C)C1. The number of nitrogens with zero attached hydrogens (tertiary/aromatic N) is 4. The predicted octanol–water partition coefficient (Wildman–Crippen LogP) is 6.61. The maximum atomic E-state index is 14.7. The molecule has 2 aliphatic heterocycles. The first-order valence-electron chi connectivity index (χ1n) is 18.0. The summed E-state index contributed by atoms with van der Waals surface area (Å²) in [5.74, 6) is -2.42. The van der Waals surface area contributed by atoms with Crippen LogP contribution in [0, 0.1) is 17.8 Å². The number of halogens is 3. The fraction of sp³-hybridized carbons (Fsp3) is 0.500. The van der Waals surface area contributed by atoms with Crippen LogP contribution in [0.3, 0.4) is 0 Å². The van der Waals surface area contributed by atoms with Crippen molar-refractivity contribution in [3.8, 4) is 11.6 Å². The molecule has 16 heteroatoms. The second-order valence-corrected chi connectivity index (χ2v) is 16.5. The van der Waals surface area contributed by atoms with Crippen LogP contribution < -0.4 is 19.1 Å². The van der Waals surface area contributed by atoms with E-state index >= 15 is 0 Å². The topological polar surface area (TPSA) is 134 Å². The van der Waals surface area contributed by atoms with Gasteiger partial charge in [0, 0.05) is 49.9 Å². The van der Waals surface area contributed by atoms with Gasteiger partial charge in [-0.05, 0) is 85.4 Å². The summed E-state index contributed by atoms with van der Waals surface area (Å²) in [6.45, 7) is -0.108. The van der Waals surface area contributed by atoms with Crippen molar-refractivity contribution >= 4 is 39.0 Å². The Hall–Kier alpha value is -4.05. The summed E-state index contributed by atoms with van der Waals surface area (Å²) in [6, 6.07) is 10.8. The van der Waals surface area contributed by atoms with Crippen molar-refractivity contribution < 1.29 is 41.5 Å². The lowest BCUT2D eigenvalue weighted by Crippen LogP contribution is -2.43. The van der Waals surface area contributed by atoms with Gasteiger partial charge in [-0.3, -0.25) is 19.0 Å². The Kier molecular flexibility index (Phi) is 12.6. The van der Waals surface area contributed by atoms with E-state index in [1.54, 1.807) is 45.4 Å². The predicted molar refractivity (Wildman–Crippen MR) is 201 cm³/mol. The quantitative estimate of drug-likeness (QED) is 0.274. The number of anilines is 1. The highest BCUT2D eigenvalue weighted by Crippen LogP contribution is 2.42. The van der Waals surface area contributed by atoms with Crippen molar-refractivity contribution in [3.63, 3.8) is 0 Å². The molecule has 0 spiro atoms. The van der Waals surface area contributed by atoms with Gasteiger partial charge in [-0.15, -0.1) is 9.46 Å². The third-order valence-corrected chi connectivity index (χ3v) is 12.5. The number of hydrogen-bond donors (Lipinski definition) is 1. The molecule has 3 aliphatic rings. The van der Waals surface area contributed by atoms with Crippen molar-refractivity contribution in [3.05, 3.63) is 82.0 Å². The number of benzene rings is 2. The molecular weight excluding hydrogens is 744 g/mol. The third-order valence-electron chi connectivity index (χ3n) is 10.3. The maximum Gasteiger partial charge on any atom is 0.345 e. The number of fused-ring (bicyclic) bond motifs is 3. The van der Waals surface area contributed by atoms with Crippen LogP contribution in [0.25, 0.3) is 0 Å². The van der Waals surface area contributed by atoms with Crippen LogP contribution in [0.4, 0.5) is 14.5 Å². The minimum absolute atomic E-state index is 0.0412. The van der Waals surface area contributed by atoms with Gasteiger partial charge in [0.25, 0.3) is 11.8 Å². The van der Waals surface area contributed by atoms with Crippen LogP contribution >= 0.6 is 11.6 Å². The van der Waals surface area contributed by atoms with Gasteiger partial charge in [0.1, 0.15) is 21.2 Å². The number of alkyl halides is 2. The molecule has 3 heterocycles. The summed E-state index contributed by atoms with van der Waals surface area (Å²) in [5, 5.41) is 4.73. The van der Waals surface area contributed by atoms with Gasteiger partial charge in [-0.25, -0.2) is 4.21 Å². The highest BCUT2D eigenvalue weighted by atomic mass is 35.5. The van der Waals surface area contributed by atoms with Crippen LogP contribution in [0.15, 0.2) is 59.1 Å². The van der Waals surface area contributed by atoms with E-state index in [4.69, 9.17) is 30.5 Å². The smallest absolute Gasteiger partial charge is 0.345 e. The summed E-state index contributed by atoms with van der Waals surface area (Å²) in [7, 11) is 0.485. The molecule has 3 aromatic rings. The van der Waals surface area contributed by atoms with Crippen molar-refractivity contribution in [1.82, 2.24) is 14.5 Å². The Bertz CT molecular complexity index is 2000. The zero-order valence-electron chi connectivity index (χ0n) is 30.7. The van der Waals surface area contributed by atoms with Crippen LogP contribution in [-0.4, -0.2) is 77.7 Å². The monoisotopic (exact) mass is 789 g/mol. The molecule has 1 fully saturated rings. The standard InChI is InChI=1S/C38H46ClF2N5O7S/c1-23-22-54(49,44-36(48)30-21-45(2)42-37(30)51-4)43-35(47)25-10-13-34-31(18-25)46(19-26-8-11-28(39)17-24(26)7-5-6-16-52-34)20-27-9-12-29(27)33(50-3)15-14-32(23)53-38(40)41/h8,10-11,13-15,17-18,21,23,27,29,32-33,38H,5-7,9,12,16,19-20,22H2,1-4H3,(H,43,44,47,48,49)/b15-14+/t23-,27+,29-,32+,33+,54?/m1/s1. The average molecular weight is 790 g/mol. The van der Waals surface area contributed by atoms with Gasteiger partial charge in [0.15, 0.2) is 0 Å². The molecule has 292 valence electrons. The highest BCUT2D eigenvalue weighted by molar-refractivity contribution is 7.92. The third kappa shape index (κ3) is 9.24. The van der Waals surface area contributed by atoms with Gasteiger partial charge < -0.3 is 23.8 Å². The normalized spacial score (nSPS) is 26.9. The zero-order valence-corrected chi connectivity index (χ0v) is 32.3. The van der Waals surface area contributed by atoms with Gasteiger partial charge in [-0.2, -0.15) is 8.78 Å². The lowest BCUT2D eigenvalue weighted by molar-refractivity contribution is -0.159. The first-order valence-corrected chi connectivity index (χ1v) is 20.0. The largest absolute Gasteiger partial charge is 0.491 e. The van der Waals surface area contributed by atoms with Crippen LogP contribution in [0.2, 0.25) is 5.02 Å². The van der Waals surface area contributed by atoms with E-state index in [-0.39, 0.29) is 28.8 Å². The van der Waals surface area contributed by atoms with Crippen molar-refractivity contribution in [2.24, 2.45) is 29.2 Å². The molecule has 2 bridgehead atoms. The average Bonchev–Trinajstić information content (AvgIpc) is 3.49. The van der Waals surface area contributed by atoms with E-state index in [0.29, 0.717) is 36.2 Å². The molecule has 54 heavy (non-hydrogen) atoms. The van der Waals surface area contributed by atoms with Crippen LogP contribution in [0.1, 0.15) is 64.4 Å². The molecule has 2 amide bonds. The molecule has 6 rings (SSSR count). The minimum Gasteiger partial charge on any atom is -0.491 e. The van der Waals surface area contributed by atoms with E-state index in [1.807, 2.05) is 18.2 Å². The number of carbonyl (C=O) groups excluding carboxylic acids is 2. The Labute approximate surface area is 319 Å². The van der Waals surface area contributed by atoms with E-state index < -0.39 is 52.2 Å². The van der Waals surface area contributed by atoms with E-state index in [9.17, 15) is 22.6 Å². The number of carbonyl (C=O) groups is 2. The Balaban J connectivity index is 1.49. The molecule has 12 nitrogen and oxygen atoms in total. The molecule has 6 atom stereocenters. The van der Waals surface area contributed by atoms with E-state index in [0.717, 1.165) is 43.2 Å².